The average molecular weight is 535 g/mol. The average Bonchev–Trinajstić information content (AvgIpc) is 2.89. The lowest BCUT2D eigenvalue weighted by Crippen LogP contribution is -2.10. The topological polar surface area (TPSA) is 77.3 Å². The van der Waals surface area contributed by atoms with Gasteiger partial charge in [-0.1, -0.05) is 13.8 Å². The van der Waals surface area contributed by atoms with E-state index >= 15 is 0 Å². The standard InChI is InChI=1S/2C13H12F3N3/c2*1-3-9-4-10(5-17-8(9)2)11-6-18-12(19-7-11)13(14,15)16/h2*4-7H,3H2,1-2H3. The first-order valence-corrected chi connectivity index (χ1v) is 11.5. The lowest BCUT2D eigenvalue weighted by molar-refractivity contribution is -0.145. The van der Waals surface area contributed by atoms with Crippen LogP contribution in [0.25, 0.3) is 22.3 Å². The summed E-state index contributed by atoms with van der Waals surface area (Å²) in [6.07, 6.45) is 0.493. The second kappa shape index (κ2) is 11.6. The van der Waals surface area contributed by atoms with Gasteiger partial charge in [0.05, 0.1) is 0 Å². The summed E-state index contributed by atoms with van der Waals surface area (Å²) in [4.78, 5) is 21.8. The predicted molar refractivity (Wildman–Crippen MR) is 129 cm³/mol. The Kier molecular flexibility index (Phi) is 8.74. The Morgan fingerprint density at radius 2 is 0.789 bits per heavy atom. The highest BCUT2D eigenvalue weighted by Gasteiger charge is 2.35. The van der Waals surface area contributed by atoms with Crippen LogP contribution in [-0.2, 0) is 25.2 Å². The molecule has 0 N–H and O–H groups in total. The highest BCUT2D eigenvalue weighted by Crippen LogP contribution is 2.28. The molecule has 0 spiro atoms. The van der Waals surface area contributed by atoms with Gasteiger partial charge in [0.25, 0.3) is 0 Å². The fourth-order valence-electron chi connectivity index (χ4n) is 3.44. The monoisotopic (exact) mass is 534 g/mol. The summed E-state index contributed by atoms with van der Waals surface area (Å²) >= 11 is 0. The van der Waals surface area contributed by atoms with Crippen molar-refractivity contribution in [3.05, 3.63) is 83.5 Å². The Bertz CT molecular complexity index is 1260. The molecule has 0 bridgehead atoms. The van der Waals surface area contributed by atoms with Crippen LogP contribution in [0, 0.1) is 13.8 Å². The Hall–Kier alpha value is -3.96. The van der Waals surface area contributed by atoms with Crippen LogP contribution in [0.5, 0.6) is 0 Å². The lowest BCUT2D eigenvalue weighted by Gasteiger charge is -2.07. The number of pyridine rings is 2. The van der Waals surface area contributed by atoms with E-state index in [-0.39, 0.29) is 0 Å². The van der Waals surface area contributed by atoms with Crippen molar-refractivity contribution in [3.8, 4) is 22.3 Å². The highest BCUT2D eigenvalue weighted by molar-refractivity contribution is 5.62. The molecule has 0 saturated heterocycles. The molecule has 4 aromatic heterocycles. The van der Waals surface area contributed by atoms with Crippen LogP contribution >= 0.6 is 0 Å². The Balaban J connectivity index is 0.000000211. The molecule has 0 aliphatic heterocycles. The second-order valence-corrected chi connectivity index (χ2v) is 8.23. The van der Waals surface area contributed by atoms with E-state index in [1.165, 1.54) is 24.8 Å². The fourth-order valence-corrected chi connectivity index (χ4v) is 3.44. The number of aromatic nitrogens is 6. The van der Waals surface area contributed by atoms with E-state index in [1.807, 2.05) is 39.8 Å². The summed E-state index contributed by atoms with van der Waals surface area (Å²) in [6, 6.07) is 3.79. The molecule has 0 amide bonds. The third kappa shape index (κ3) is 7.08. The van der Waals surface area contributed by atoms with Crippen molar-refractivity contribution in [2.24, 2.45) is 0 Å². The van der Waals surface area contributed by atoms with Gasteiger partial charge in [0, 0.05) is 70.8 Å². The van der Waals surface area contributed by atoms with E-state index in [9.17, 15) is 26.3 Å². The maximum Gasteiger partial charge on any atom is 0.451 e. The van der Waals surface area contributed by atoms with Crippen molar-refractivity contribution in [2.45, 2.75) is 52.9 Å². The molecule has 38 heavy (non-hydrogen) atoms. The molecule has 0 fully saturated rings. The van der Waals surface area contributed by atoms with Gasteiger partial charge in [0.2, 0.25) is 11.6 Å². The highest BCUT2D eigenvalue weighted by atomic mass is 19.4. The Morgan fingerprint density at radius 3 is 1.05 bits per heavy atom. The van der Waals surface area contributed by atoms with E-state index in [2.05, 4.69) is 29.9 Å². The molecular formula is C26H24F6N6. The number of hydrogen-bond donors (Lipinski definition) is 0. The van der Waals surface area contributed by atoms with Crippen LogP contribution in [-0.4, -0.2) is 29.9 Å². The summed E-state index contributed by atoms with van der Waals surface area (Å²) in [5, 5.41) is 0. The quantitative estimate of drug-likeness (QED) is 0.266. The largest absolute Gasteiger partial charge is 0.451 e. The summed E-state index contributed by atoms with van der Waals surface area (Å²) in [5.74, 6) is -2.26. The summed E-state index contributed by atoms with van der Waals surface area (Å²) in [6.45, 7) is 7.78. The predicted octanol–water partition coefficient (Wildman–Crippen LogP) is 6.86. The Labute approximate surface area is 215 Å². The molecule has 0 atom stereocenters. The molecule has 0 saturated carbocycles. The minimum Gasteiger partial charge on any atom is -0.261 e. The van der Waals surface area contributed by atoms with Crippen LogP contribution in [0.15, 0.2) is 49.3 Å². The molecule has 0 unspecified atom stereocenters. The molecule has 4 heterocycles. The summed E-state index contributed by atoms with van der Waals surface area (Å²) in [5.41, 5.74) is 6.42. The SMILES string of the molecule is CCc1cc(-c2cnc(C(F)(F)F)nc2)cnc1C.CCc1cc(-c2cnc(C(F)(F)F)nc2)cnc1C. The van der Waals surface area contributed by atoms with Crippen molar-refractivity contribution in [2.75, 3.05) is 0 Å². The third-order valence-corrected chi connectivity index (χ3v) is 5.62. The molecular weight excluding hydrogens is 510 g/mol. The second-order valence-electron chi connectivity index (χ2n) is 8.23. The Morgan fingerprint density at radius 1 is 0.500 bits per heavy atom. The number of nitrogens with zero attached hydrogens (tertiary/aromatic N) is 6. The molecule has 4 rings (SSSR count). The lowest BCUT2D eigenvalue weighted by atomic mass is 10.1. The van der Waals surface area contributed by atoms with E-state index in [0.717, 1.165) is 46.5 Å². The maximum atomic E-state index is 12.4. The van der Waals surface area contributed by atoms with Gasteiger partial charge in [0.15, 0.2) is 0 Å². The van der Waals surface area contributed by atoms with E-state index in [0.29, 0.717) is 11.1 Å². The first-order valence-electron chi connectivity index (χ1n) is 11.5. The molecule has 6 nitrogen and oxygen atoms in total. The maximum absolute atomic E-state index is 12.4. The van der Waals surface area contributed by atoms with Gasteiger partial charge in [0.1, 0.15) is 0 Å². The smallest absolute Gasteiger partial charge is 0.261 e. The van der Waals surface area contributed by atoms with Crippen LogP contribution in [0.4, 0.5) is 26.3 Å². The fraction of sp³-hybridized carbons (Fsp3) is 0.308. The van der Waals surface area contributed by atoms with Crippen molar-refractivity contribution in [3.63, 3.8) is 0 Å². The molecule has 0 aliphatic rings. The number of rotatable bonds is 4. The first-order chi connectivity index (χ1) is 17.8. The van der Waals surface area contributed by atoms with Gasteiger partial charge in [-0.3, -0.25) is 9.97 Å². The molecule has 4 aromatic rings. The van der Waals surface area contributed by atoms with Crippen molar-refractivity contribution in [1.82, 2.24) is 29.9 Å². The van der Waals surface area contributed by atoms with Crippen molar-refractivity contribution < 1.29 is 26.3 Å². The molecule has 0 aromatic carbocycles. The van der Waals surface area contributed by atoms with Gasteiger partial charge in [-0.05, 0) is 49.9 Å². The third-order valence-electron chi connectivity index (χ3n) is 5.62. The van der Waals surface area contributed by atoms with E-state index in [4.69, 9.17) is 0 Å². The number of halogens is 6. The molecule has 200 valence electrons. The van der Waals surface area contributed by atoms with Gasteiger partial charge in [-0.2, -0.15) is 26.3 Å². The zero-order valence-corrected chi connectivity index (χ0v) is 21.0. The van der Waals surface area contributed by atoms with Gasteiger partial charge in [-0.15, -0.1) is 0 Å². The van der Waals surface area contributed by atoms with Crippen LogP contribution < -0.4 is 0 Å². The minimum atomic E-state index is -4.52. The molecule has 12 heteroatoms. The van der Waals surface area contributed by atoms with Gasteiger partial charge in [-0.25, -0.2) is 19.9 Å². The van der Waals surface area contributed by atoms with Crippen LogP contribution in [0.1, 0.15) is 48.0 Å². The van der Waals surface area contributed by atoms with Gasteiger partial charge < -0.3 is 0 Å². The summed E-state index contributed by atoms with van der Waals surface area (Å²) in [7, 11) is 0. The molecule has 0 aliphatic carbocycles. The number of aryl methyl sites for hydroxylation is 4. The zero-order valence-electron chi connectivity index (χ0n) is 21.0. The number of alkyl halides is 6. The normalized spacial score (nSPS) is 11.6. The van der Waals surface area contributed by atoms with E-state index < -0.39 is 24.0 Å². The number of hydrogen-bond acceptors (Lipinski definition) is 6. The van der Waals surface area contributed by atoms with Gasteiger partial charge >= 0.3 is 12.4 Å². The van der Waals surface area contributed by atoms with Crippen molar-refractivity contribution >= 4 is 0 Å². The van der Waals surface area contributed by atoms with E-state index in [1.54, 1.807) is 12.4 Å². The van der Waals surface area contributed by atoms with Crippen molar-refractivity contribution in [1.29, 1.82) is 0 Å². The first kappa shape index (κ1) is 28.6. The van der Waals surface area contributed by atoms with Crippen LogP contribution in [0.3, 0.4) is 0 Å². The molecule has 0 radical (unpaired) electrons. The summed E-state index contributed by atoms with van der Waals surface area (Å²) < 4.78 is 74.1. The minimum absolute atomic E-state index is 0.523. The van der Waals surface area contributed by atoms with Crippen LogP contribution in [0.2, 0.25) is 0 Å². The zero-order chi connectivity index (χ0) is 28.1.